The van der Waals surface area contributed by atoms with E-state index in [2.05, 4.69) is 5.32 Å². The quantitative estimate of drug-likeness (QED) is 0.823. The van der Waals surface area contributed by atoms with Crippen molar-refractivity contribution in [3.63, 3.8) is 0 Å². The Morgan fingerprint density at radius 1 is 1.30 bits per heavy atom. The number of carbonyl (C=O) groups is 2. The fourth-order valence-electron chi connectivity index (χ4n) is 3.36. The Morgan fingerprint density at radius 2 is 1.96 bits per heavy atom. The number of alkyl halides is 3. The first-order valence-corrected chi connectivity index (χ1v) is 8.08. The van der Waals surface area contributed by atoms with Gasteiger partial charge >= 0.3 is 6.18 Å². The second-order valence-electron chi connectivity index (χ2n) is 6.45. The van der Waals surface area contributed by atoms with E-state index in [1.54, 1.807) is 4.90 Å². The van der Waals surface area contributed by atoms with Crippen LogP contribution in [0, 0.1) is 11.8 Å². The number of amides is 2. The van der Waals surface area contributed by atoms with Crippen LogP contribution in [0.4, 0.5) is 13.2 Å². The van der Waals surface area contributed by atoms with Crippen molar-refractivity contribution in [2.24, 2.45) is 11.8 Å². The van der Waals surface area contributed by atoms with Crippen LogP contribution in [0.25, 0.3) is 0 Å². The Bertz CT molecular complexity index is 434. The van der Waals surface area contributed by atoms with E-state index >= 15 is 0 Å². The minimum Gasteiger partial charge on any atom is -0.342 e. The number of halogens is 3. The van der Waals surface area contributed by atoms with Gasteiger partial charge < -0.3 is 15.1 Å². The van der Waals surface area contributed by atoms with Crippen molar-refractivity contribution < 1.29 is 22.8 Å². The predicted molar refractivity (Wildman–Crippen MR) is 78.6 cm³/mol. The fourth-order valence-corrected chi connectivity index (χ4v) is 3.36. The fraction of sp³-hybridized carbons (Fsp3) is 0.867. The van der Waals surface area contributed by atoms with E-state index in [1.807, 2.05) is 7.05 Å². The first kappa shape index (κ1) is 18.0. The highest BCUT2D eigenvalue weighted by molar-refractivity contribution is 5.89. The highest BCUT2D eigenvalue weighted by Crippen LogP contribution is 2.27. The number of nitrogens with zero attached hydrogens (tertiary/aromatic N) is 2. The van der Waals surface area contributed by atoms with Crippen LogP contribution in [-0.2, 0) is 9.59 Å². The Morgan fingerprint density at radius 3 is 2.52 bits per heavy atom. The molecule has 132 valence electrons. The van der Waals surface area contributed by atoms with Crippen molar-refractivity contribution >= 4 is 11.8 Å². The van der Waals surface area contributed by atoms with Crippen LogP contribution < -0.4 is 5.32 Å². The highest BCUT2D eigenvalue weighted by Gasteiger charge is 2.42. The van der Waals surface area contributed by atoms with Gasteiger partial charge in [-0.25, -0.2) is 0 Å². The smallest absolute Gasteiger partial charge is 0.342 e. The molecular formula is C15H24F3N3O2. The van der Waals surface area contributed by atoms with Crippen LogP contribution in [0.3, 0.4) is 0 Å². The molecule has 2 saturated heterocycles. The maximum absolute atomic E-state index is 12.4. The summed E-state index contributed by atoms with van der Waals surface area (Å²) in [5.74, 6) is -0.795. The van der Waals surface area contributed by atoms with Gasteiger partial charge in [-0.15, -0.1) is 0 Å². The summed E-state index contributed by atoms with van der Waals surface area (Å²) in [5, 5.41) is 3.11. The van der Waals surface area contributed by atoms with Crippen molar-refractivity contribution in [1.82, 2.24) is 15.1 Å². The molecule has 0 spiro atoms. The molecule has 5 nitrogen and oxygen atoms in total. The number of likely N-dealkylation sites (tertiary alicyclic amines) is 2. The summed E-state index contributed by atoms with van der Waals surface area (Å²) >= 11 is 0. The molecule has 1 unspecified atom stereocenters. The van der Waals surface area contributed by atoms with E-state index in [4.69, 9.17) is 0 Å². The van der Waals surface area contributed by atoms with Crippen LogP contribution in [-0.4, -0.2) is 67.6 Å². The zero-order chi connectivity index (χ0) is 17.0. The molecule has 23 heavy (non-hydrogen) atoms. The molecule has 0 aromatic carbocycles. The van der Waals surface area contributed by atoms with Crippen LogP contribution in [0.2, 0.25) is 0 Å². The molecule has 2 amide bonds. The number of carbonyl (C=O) groups excluding carboxylic acids is 2. The van der Waals surface area contributed by atoms with Gasteiger partial charge in [0.2, 0.25) is 11.8 Å². The summed E-state index contributed by atoms with van der Waals surface area (Å²) in [6.07, 6.45) is -1.62. The lowest BCUT2D eigenvalue weighted by Crippen LogP contribution is -2.43. The normalized spacial score (nSPS) is 23.7. The summed E-state index contributed by atoms with van der Waals surface area (Å²) < 4.78 is 37.2. The van der Waals surface area contributed by atoms with Gasteiger partial charge in [0.15, 0.2) is 0 Å². The molecule has 0 radical (unpaired) electrons. The van der Waals surface area contributed by atoms with Gasteiger partial charge in [-0.05, 0) is 38.8 Å². The van der Waals surface area contributed by atoms with Crippen molar-refractivity contribution in [1.29, 1.82) is 0 Å². The molecule has 8 heteroatoms. The van der Waals surface area contributed by atoms with E-state index < -0.39 is 24.5 Å². The SMILES string of the molecule is CNCCC1CCN(C(=O)C2CC(=O)N(CC(F)(F)F)C2)CC1. The van der Waals surface area contributed by atoms with E-state index in [9.17, 15) is 22.8 Å². The summed E-state index contributed by atoms with van der Waals surface area (Å²) in [4.78, 5) is 26.6. The van der Waals surface area contributed by atoms with E-state index in [0.717, 1.165) is 30.7 Å². The first-order chi connectivity index (χ1) is 10.8. The molecule has 2 aliphatic rings. The predicted octanol–water partition coefficient (Wildman–Crippen LogP) is 1.25. The Kier molecular flexibility index (Phi) is 5.89. The lowest BCUT2D eigenvalue weighted by atomic mass is 9.92. The van der Waals surface area contributed by atoms with Crippen molar-refractivity contribution in [3.8, 4) is 0 Å². The maximum Gasteiger partial charge on any atom is 0.406 e. The topological polar surface area (TPSA) is 52.7 Å². The molecule has 2 heterocycles. The molecule has 0 aromatic rings. The number of hydrogen-bond donors (Lipinski definition) is 1. The average Bonchev–Trinajstić information content (AvgIpc) is 2.84. The second kappa shape index (κ2) is 7.51. The van der Waals surface area contributed by atoms with Crippen LogP contribution >= 0.6 is 0 Å². The van der Waals surface area contributed by atoms with Crippen molar-refractivity contribution in [2.45, 2.75) is 31.9 Å². The number of hydrogen-bond acceptors (Lipinski definition) is 3. The Hall–Kier alpha value is -1.31. The number of nitrogens with one attached hydrogen (secondary N) is 1. The third-order valence-corrected chi connectivity index (χ3v) is 4.66. The molecule has 0 aromatic heterocycles. The molecular weight excluding hydrogens is 311 g/mol. The summed E-state index contributed by atoms with van der Waals surface area (Å²) in [6.45, 7) is 0.842. The van der Waals surface area contributed by atoms with E-state index in [1.165, 1.54) is 0 Å². The van der Waals surface area contributed by atoms with Crippen molar-refractivity contribution in [3.05, 3.63) is 0 Å². The molecule has 2 rings (SSSR count). The Labute approximate surface area is 134 Å². The first-order valence-electron chi connectivity index (χ1n) is 8.08. The van der Waals surface area contributed by atoms with Crippen LogP contribution in [0.15, 0.2) is 0 Å². The number of rotatable bonds is 5. The summed E-state index contributed by atoms with van der Waals surface area (Å²) in [6, 6.07) is 0. The molecule has 2 aliphatic heterocycles. The number of piperidine rings is 1. The van der Waals surface area contributed by atoms with Gasteiger partial charge in [-0.2, -0.15) is 13.2 Å². The largest absolute Gasteiger partial charge is 0.406 e. The zero-order valence-corrected chi connectivity index (χ0v) is 13.4. The van der Waals surface area contributed by atoms with Gasteiger partial charge in [0.25, 0.3) is 0 Å². The van der Waals surface area contributed by atoms with Gasteiger partial charge in [-0.3, -0.25) is 9.59 Å². The van der Waals surface area contributed by atoms with Gasteiger partial charge in [0.1, 0.15) is 6.54 Å². The molecule has 2 fully saturated rings. The van der Waals surface area contributed by atoms with E-state index in [0.29, 0.717) is 19.0 Å². The average molecular weight is 335 g/mol. The third kappa shape index (κ3) is 5.09. The maximum atomic E-state index is 12.4. The lowest BCUT2D eigenvalue weighted by molar-refractivity contribution is -0.157. The third-order valence-electron chi connectivity index (χ3n) is 4.66. The van der Waals surface area contributed by atoms with Gasteiger partial charge in [0.05, 0.1) is 5.92 Å². The monoisotopic (exact) mass is 335 g/mol. The lowest BCUT2D eigenvalue weighted by Gasteiger charge is -2.33. The molecule has 0 bridgehead atoms. The van der Waals surface area contributed by atoms with Gasteiger partial charge in [0, 0.05) is 26.1 Å². The minimum absolute atomic E-state index is 0.103. The minimum atomic E-state index is -4.42. The van der Waals surface area contributed by atoms with Gasteiger partial charge in [-0.1, -0.05) is 0 Å². The molecule has 0 saturated carbocycles. The standard InChI is InChI=1S/C15H24F3N3O2/c1-19-5-2-11-3-6-20(7-4-11)14(23)12-8-13(22)21(9-12)10-15(16,17)18/h11-12,19H,2-10H2,1H3. The van der Waals surface area contributed by atoms with Crippen molar-refractivity contribution in [2.75, 3.05) is 39.8 Å². The summed E-state index contributed by atoms with van der Waals surface area (Å²) in [7, 11) is 1.91. The van der Waals surface area contributed by atoms with Crippen LogP contribution in [0.1, 0.15) is 25.7 Å². The zero-order valence-electron chi connectivity index (χ0n) is 13.4. The second-order valence-corrected chi connectivity index (χ2v) is 6.45. The summed E-state index contributed by atoms with van der Waals surface area (Å²) in [5.41, 5.74) is 0. The molecule has 1 N–H and O–H groups in total. The molecule has 0 aliphatic carbocycles. The highest BCUT2D eigenvalue weighted by atomic mass is 19.4. The Balaban J connectivity index is 1.82. The molecule has 1 atom stereocenters. The van der Waals surface area contributed by atoms with E-state index in [-0.39, 0.29) is 18.9 Å². The van der Waals surface area contributed by atoms with Crippen LogP contribution in [0.5, 0.6) is 0 Å².